The van der Waals surface area contributed by atoms with Gasteiger partial charge in [-0.1, -0.05) is 30.3 Å². The molecule has 5 rings (SSSR count). The Hall–Kier alpha value is -1.70. The van der Waals surface area contributed by atoms with E-state index in [-0.39, 0.29) is 18.3 Å². The molecule has 3 saturated heterocycles. The summed E-state index contributed by atoms with van der Waals surface area (Å²) in [6.07, 6.45) is 1.88. The zero-order chi connectivity index (χ0) is 17.8. The van der Waals surface area contributed by atoms with Crippen molar-refractivity contribution in [1.82, 2.24) is 0 Å². The zero-order valence-electron chi connectivity index (χ0n) is 14.8. The first-order chi connectivity index (χ1) is 12.6. The van der Waals surface area contributed by atoms with Crippen LogP contribution >= 0.6 is 0 Å². The number of hydrogen-bond acceptors (Lipinski definition) is 6. The highest BCUT2D eigenvalue weighted by molar-refractivity contribution is 5.26. The minimum Gasteiger partial charge on any atom is -0.472 e. The van der Waals surface area contributed by atoms with Gasteiger partial charge < -0.3 is 28.1 Å². The average molecular weight is 358 g/mol. The zero-order valence-corrected chi connectivity index (χ0v) is 14.8. The van der Waals surface area contributed by atoms with Gasteiger partial charge in [0.05, 0.1) is 25.7 Å². The van der Waals surface area contributed by atoms with E-state index in [9.17, 15) is 0 Å². The molecule has 1 aromatic carbocycles. The van der Waals surface area contributed by atoms with Crippen molar-refractivity contribution in [3.8, 4) is 0 Å². The molecule has 0 spiro atoms. The second-order valence-corrected chi connectivity index (χ2v) is 7.45. The van der Waals surface area contributed by atoms with Crippen molar-refractivity contribution in [1.29, 1.82) is 0 Å². The van der Waals surface area contributed by atoms with Crippen LogP contribution in [-0.2, 0) is 35.9 Å². The summed E-state index contributed by atoms with van der Waals surface area (Å²) in [6, 6.07) is 11.9. The van der Waals surface area contributed by atoms with Crippen molar-refractivity contribution in [3.05, 3.63) is 60.1 Å². The third kappa shape index (κ3) is 2.45. The normalized spacial score (nSPS) is 37.6. The van der Waals surface area contributed by atoms with Gasteiger partial charge in [-0.3, -0.25) is 0 Å². The van der Waals surface area contributed by atoms with E-state index in [0.717, 1.165) is 11.1 Å². The Morgan fingerprint density at radius 2 is 2.00 bits per heavy atom. The molecule has 6 nitrogen and oxygen atoms in total. The summed E-state index contributed by atoms with van der Waals surface area (Å²) < 4.78 is 36.4. The summed E-state index contributed by atoms with van der Waals surface area (Å²) in [7, 11) is 0. The van der Waals surface area contributed by atoms with Crippen LogP contribution in [0.1, 0.15) is 25.0 Å². The fraction of sp³-hybridized carbons (Fsp3) is 0.500. The lowest BCUT2D eigenvalue weighted by Crippen LogP contribution is -2.60. The van der Waals surface area contributed by atoms with Crippen LogP contribution in [0.3, 0.4) is 0 Å². The van der Waals surface area contributed by atoms with Gasteiger partial charge in [0, 0.05) is 5.56 Å². The summed E-state index contributed by atoms with van der Waals surface area (Å²) in [4.78, 5) is 0. The lowest BCUT2D eigenvalue weighted by atomic mass is 9.83. The molecule has 0 saturated carbocycles. The van der Waals surface area contributed by atoms with Crippen LogP contribution in [0.2, 0.25) is 0 Å². The number of fused-ring (bicyclic) bond motifs is 4. The van der Waals surface area contributed by atoms with Crippen LogP contribution in [-0.4, -0.2) is 37.0 Å². The van der Waals surface area contributed by atoms with E-state index in [1.165, 1.54) is 0 Å². The molecule has 3 fully saturated rings. The SMILES string of the molecule is CC1(C)O[C@H]2[C@@H](OCc3ccccc3)[C@H]3CO[C@H](O3)[C@@]2(c2ccoc2)O1. The second-order valence-electron chi connectivity index (χ2n) is 7.45. The van der Waals surface area contributed by atoms with Gasteiger partial charge in [-0.25, -0.2) is 0 Å². The third-order valence-electron chi connectivity index (χ3n) is 5.23. The molecule has 26 heavy (non-hydrogen) atoms. The molecule has 0 amide bonds. The molecule has 2 bridgehead atoms. The van der Waals surface area contributed by atoms with E-state index < -0.39 is 17.7 Å². The van der Waals surface area contributed by atoms with Crippen molar-refractivity contribution in [3.63, 3.8) is 0 Å². The van der Waals surface area contributed by atoms with E-state index in [1.54, 1.807) is 12.5 Å². The maximum atomic E-state index is 6.38. The van der Waals surface area contributed by atoms with Gasteiger partial charge in [-0.15, -0.1) is 0 Å². The minimum atomic E-state index is -0.912. The van der Waals surface area contributed by atoms with Crippen LogP contribution in [0.25, 0.3) is 0 Å². The average Bonchev–Trinajstić information content (AvgIpc) is 3.35. The van der Waals surface area contributed by atoms with Gasteiger partial charge in [-0.05, 0) is 25.5 Å². The fourth-order valence-electron chi connectivity index (χ4n) is 4.19. The Morgan fingerprint density at radius 1 is 1.15 bits per heavy atom. The Balaban J connectivity index is 1.50. The molecular formula is C20H22O6. The van der Waals surface area contributed by atoms with E-state index in [2.05, 4.69) is 0 Å². The Morgan fingerprint density at radius 3 is 2.77 bits per heavy atom. The third-order valence-corrected chi connectivity index (χ3v) is 5.23. The first kappa shape index (κ1) is 16.5. The number of furan rings is 1. The van der Waals surface area contributed by atoms with Crippen LogP contribution in [0.15, 0.2) is 53.3 Å². The smallest absolute Gasteiger partial charge is 0.194 e. The Kier molecular flexibility index (Phi) is 3.74. The topological polar surface area (TPSA) is 59.3 Å². The Bertz CT molecular complexity index is 758. The van der Waals surface area contributed by atoms with Crippen molar-refractivity contribution in [2.75, 3.05) is 6.61 Å². The largest absolute Gasteiger partial charge is 0.472 e. The molecule has 0 aliphatic carbocycles. The summed E-state index contributed by atoms with van der Waals surface area (Å²) in [6.45, 7) is 4.72. The van der Waals surface area contributed by atoms with Crippen molar-refractivity contribution < 1.29 is 28.1 Å². The van der Waals surface area contributed by atoms with Gasteiger partial charge in [-0.2, -0.15) is 0 Å². The Labute approximate surface area is 151 Å². The standard InChI is InChI=1S/C20H22O6/c1-19(2)25-17-16(22-10-13-6-4-3-5-7-13)15-12-23-18(24-15)20(17,26-19)14-8-9-21-11-14/h3-9,11,15-18H,10,12H2,1-2H3/t15-,16+,17+,18-,20+/m1/s1. The number of benzene rings is 1. The van der Waals surface area contributed by atoms with Gasteiger partial charge in [0.15, 0.2) is 17.7 Å². The van der Waals surface area contributed by atoms with Crippen LogP contribution < -0.4 is 0 Å². The van der Waals surface area contributed by atoms with Crippen LogP contribution in [0.4, 0.5) is 0 Å². The molecule has 1 aromatic heterocycles. The predicted octanol–water partition coefficient (Wildman–Crippen LogP) is 2.97. The lowest BCUT2D eigenvalue weighted by molar-refractivity contribution is -0.266. The van der Waals surface area contributed by atoms with Gasteiger partial charge in [0.25, 0.3) is 0 Å². The summed E-state index contributed by atoms with van der Waals surface area (Å²) >= 11 is 0. The number of hydrogen-bond donors (Lipinski definition) is 0. The fourth-order valence-corrected chi connectivity index (χ4v) is 4.19. The van der Waals surface area contributed by atoms with Gasteiger partial charge >= 0.3 is 0 Å². The van der Waals surface area contributed by atoms with Crippen molar-refractivity contribution in [2.45, 2.75) is 56.4 Å². The van der Waals surface area contributed by atoms with Crippen LogP contribution in [0.5, 0.6) is 0 Å². The first-order valence-electron chi connectivity index (χ1n) is 8.92. The van der Waals surface area contributed by atoms with Gasteiger partial charge in [0.2, 0.25) is 0 Å². The molecule has 6 heteroatoms. The second kappa shape index (κ2) is 5.90. The maximum absolute atomic E-state index is 6.38. The molecule has 4 heterocycles. The van der Waals surface area contributed by atoms with E-state index in [0.29, 0.717) is 13.2 Å². The molecule has 3 aliphatic heterocycles. The molecule has 5 atom stereocenters. The van der Waals surface area contributed by atoms with Crippen LogP contribution in [0, 0.1) is 0 Å². The summed E-state index contributed by atoms with van der Waals surface area (Å²) in [5, 5.41) is 0. The molecule has 2 aromatic rings. The summed E-state index contributed by atoms with van der Waals surface area (Å²) in [5.74, 6) is -0.784. The van der Waals surface area contributed by atoms with E-state index in [1.807, 2.05) is 50.2 Å². The minimum absolute atomic E-state index is 0.189. The highest BCUT2D eigenvalue weighted by atomic mass is 16.8. The molecule has 3 aliphatic rings. The quantitative estimate of drug-likeness (QED) is 0.837. The highest BCUT2D eigenvalue weighted by Gasteiger charge is 2.69. The first-order valence-corrected chi connectivity index (χ1v) is 8.92. The molecule has 0 unspecified atom stereocenters. The van der Waals surface area contributed by atoms with E-state index >= 15 is 0 Å². The molecule has 0 radical (unpaired) electrons. The maximum Gasteiger partial charge on any atom is 0.194 e. The number of ether oxygens (including phenoxy) is 5. The van der Waals surface area contributed by atoms with Crippen molar-refractivity contribution in [2.24, 2.45) is 0 Å². The molecule has 138 valence electrons. The highest BCUT2D eigenvalue weighted by Crippen LogP contribution is 2.54. The molecule has 0 N–H and O–H groups in total. The van der Waals surface area contributed by atoms with E-state index in [4.69, 9.17) is 28.1 Å². The number of rotatable bonds is 4. The summed E-state index contributed by atoms with van der Waals surface area (Å²) in [5.41, 5.74) is 1.03. The van der Waals surface area contributed by atoms with Crippen molar-refractivity contribution >= 4 is 0 Å². The van der Waals surface area contributed by atoms with Gasteiger partial charge in [0.1, 0.15) is 18.3 Å². The lowest BCUT2D eigenvalue weighted by Gasteiger charge is -2.43. The predicted molar refractivity (Wildman–Crippen MR) is 90.1 cm³/mol. The molecular weight excluding hydrogens is 336 g/mol. The monoisotopic (exact) mass is 358 g/mol.